The molecule has 2 N–H and O–H groups in total. The van der Waals surface area contributed by atoms with Crippen LogP contribution in [0.25, 0.3) is 0 Å². The minimum absolute atomic E-state index is 0.0856. The number of hydrogen-bond acceptors (Lipinski definition) is 3. The fourth-order valence-electron chi connectivity index (χ4n) is 1.91. The van der Waals surface area contributed by atoms with E-state index in [4.69, 9.17) is 9.88 Å². The van der Waals surface area contributed by atoms with Gasteiger partial charge in [-0.05, 0) is 23.0 Å². The second kappa shape index (κ2) is 6.39. The van der Waals surface area contributed by atoms with Crippen molar-refractivity contribution in [1.82, 2.24) is 0 Å². The third kappa shape index (κ3) is 4.84. The van der Waals surface area contributed by atoms with Gasteiger partial charge in [-0.1, -0.05) is 45.9 Å². The minimum atomic E-state index is -3.49. The summed E-state index contributed by atoms with van der Waals surface area (Å²) in [6.07, 6.45) is 0. The number of nitrogens with two attached hydrogens (primary N) is 1. The van der Waals surface area contributed by atoms with Gasteiger partial charge in [-0.25, -0.2) is 13.6 Å². The van der Waals surface area contributed by atoms with Crippen LogP contribution in [0.4, 0.5) is 0 Å². The molecule has 0 radical (unpaired) electrons. The van der Waals surface area contributed by atoms with Gasteiger partial charge in [-0.2, -0.15) is 0 Å². The third-order valence-electron chi connectivity index (χ3n) is 2.93. The van der Waals surface area contributed by atoms with Gasteiger partial charge in [0.2, 0.25) is 10.0 Å². The average molecular weight is 285 g/mol. The monoisotopic (exact) mass is 285 g/mol. The van der Waals surface area contributed by atoms with E-state index in [0.29, 0.717) is 11.8 Å². The third-order valence-corrected chi connectivity index (χ3v) is 3.67. The molecule has 4 nitrogen and oxygen atoms in total. The Morgan fingerprint density at radius 2 is 1.58 bits per heavy atom. The number of benzene rings is 1. The van der Waals surface area contributed by atoms with E-state index in [0.717, 1.165) is 16.9 Å². The highest BCUT2D eigenvalue weighted by Crippen LogP contribution is 2.34. The van der Waals surface area contributed by atoms with Crippen LogP contribution in [0.15, 0.2) is 18.2 Å². The van der Waals surface area contributed by atoms with Crippen LogP contribution in [0.5, 0.6) is 5.75 Å². The predicted octanol–water partition coefficient (Wildman–Crippen LogP) is 2.60. The lowest BCUT2D eigenvalue weighted by atomic mass is 9.94. The predicted molar refractivity (Wildman–Crippen MR) is 78.1 cm³/mol. The molecule has 0 atom stereocenters. The maximum atomic E-state index is 11.0. The first-order chi connectivity index (χ1) is 8.72. The Kier molecular flexibility index (Phi) is 5.38. The van der Waals surface area contributed by atoms with Crippen LogP contribution in [-0.2, 0) is 10.0 Å². The number of para-hydroxylation sites is 1. The summed E-state index contributed by atoms with van der Waals surface area (Å²) in [6.45, 7) is 8.44. The van der Waals surface area contributed by atoms with Crippen LogP contribution >= 0.6 is 0 Å². The summed E-state index contributed by atoms with van der Waals surface area (Å²) in [7, 11) is -3.49. The van der Waals surface area contributed by atoms with Crippen molar-refractivity contribution in [2.24, 2.45) is 5.14 Å². The zero-order valence-corrected chi connectivity index (χ0v) is 12.8. The van der Waals surface area contributed by atoms with Gasteiger partial charge in [0.05, 0.1) is 5.75 Å². The normalized spacial score (nSPS) is 12.2. The maximum Gasteiger partial charge on any atom is 0.212 e. The van der Waals surface area contributed by atoms with Crippen LogP contribution in [0.1, 0.15) is 50.7 Å². The highest BCUT2D eigenvalue weighted by molar-refractivity contribution is 7.89. The lowest BCUT2D eigenvalue weighted by Crippen LogP contribution is -2.22. The molecule has 0 aliphatic carbocycles. The quantitative estimate of drug-likeness (QED) is 0.873. The Morgan fingerprint density at radius 3 is 1.95 bits per heavy atom. The molecule has 1 rings (SSSR count). The topological polar surface area (TPSA) is 69.4 Å². The van der Waals surface area contributed by atoms with E-state index >= 15 is 0 Å². The number of hydrogen-bond donors (Lipinski definition) is 1. The van der Waals surface area contributed by atoms with E-state index in [9.17, 15) is 8.42 Å². The van der Waals surface area contributed by atoms with Gasteiger partial charge in [-0.15, -0.1) is 0 Å². The van der Waals surface area contributed by atoms with Gasteiger partial charge < -0.3 is 4.74 Å². The van der Waals surface area contributed by atoms with Crippen molar-refractivity contribution in [3.63, 3.8) is 0 Å². The van der Waals surface area contributed by atoms with E-state index in [2.05, 4.69) is 27.7 Å². The maximum absolute atomic E-state index is 11.0. The Balaban J connectivity index is 3.01. The lowest BCUT2D eigenvalue weighted by Gasteiger charge is -2.19. The van der Waals surface area contributed by atoms with Crippen molar-refractivity contribution in [3.8, 4) is 5.75 Å². The summed E-state index contributed by atoms with van der Waals surface area (Å²) >= 11 is 0. The Bertz CT molecular complexity index is 495. The number of primary sulfonamides is 1. The van der Waals surface area contributed by atoms with Gasteiger partial charge in [0.25, 0.3) is 0 Å². The van der Waals surface area contributed by atoms with Crippen LogP contribution in [0.3, 0.4) is 0 Å². The van der Waals surface area contributed by atoms with Crippen LogP contribution < -0.4 is 9.88 Å². The van der Waals surface area contributed by atoms with Crippen LogP contribution in [0.2, 0.25) is 0 Å². The molecule has 1 aromatic rings. The lowest BCUT2D eigenvalue weighted by molar-refractivity contribution is 0.331. The summed E-state index contributed by atoms with van der Waals surface area (Å²) in [5, 5.41) is 4.99. The van der Waals surface area contributed by atoms with E-state index in [-0.39, 0.29) is 12.4 Å². The number of ether oxygens (including phenoxy) is 1. The molecule has 0 saturated carbocycles. The van der Waals surface area contributed by atoms with Crippen molar-refractivity contribution < 1.29 is 13.2 Å². The molecule has 0 aliphatic heterocycles. The van der Waals surface area contributed by atoms with Crippen molar-refractivity contribution in [2.45, 2.75) is 39.5 Å². The van der Waals surface area contributed by atoms with Crippen molar-refractivity contribution in [3.05, 3.63) is 29.3 Å². The molecular weight excluding hydrogens is 262 g/mol. The molecule has 0 unspecified atom stereocenters. The summed E-state index contributed by atoms with van der Waals surface area (Å²) in [5.41, 5.74) is 2.20. The number of rotatable bonds is 6. The van der Waals surface area contributed by atoms with Crippen molar-refractivity contribution in [2.75, 3.05) is 12.4 Å². The van der Waals surface area contributed by atoms with Crippen LogP contribution in [0, 0.1) is 0 Å². The molecule has 108 valence electrons. The second-order valence-electron chi connectivity index (χ2n) is 5.29. The van der Waals surface area contributed by atoms with Gasteiger partial charge in [-0.3, -0.25) is 0 Å². The van der Waals surface area contributed by atoms with Gasteiger partial charge >= 0.3 is 0 Å². The standard InChI is InChI=1S/C14H23NO3S/c1-10(2)12-6-5-7-13(11(3)4)14(12)18-8-9-19(15,16)17/h5-7,10-11H,8-9H2,1-4H3,(H2,15,16,17). The van der Waals surface area contributed by atoms with E-state index in [1.54, 1.807) is 0 Å². The van der Waals surface area contributed by atoms with Gasteiger partial charge in [0.1, 0.15) is 12.4 Å². The molecule has 19 heavy (non-hydrogen) atoms. The van der Waals surface area contributed by atoms with Gasteiger partial charge in [0, 0.05) is 0 Å². The summed E-state index contributed by atoms with van der Waals surface area (Å²) in [6, 6.07) is 6.04. The highest BCUT2D eigenvalue weighted by Gasteiger charge is 2.15. The molecule has 0 saturated heterocycles. The summed E-state index contributed by atoms with van der Waals surface area (Å²) in [4.78, 5) is 0. The SMILES string of the molecule is CC(C)c1cccc(C(C)C)c1OCCS(N)(=O)=O. The Labute approximate surface area is 116 Å². The summed E-state index contributed by atoms with van der Waals surface area (Å²) in [5.74, 6) is 1.28. The Morgan fingerprint density at radius 1 is 1.11 bits per heavy atom. The number of sulfonamides is 1. The molecule has 0 bridgehead atoms. The zero-order chi connectivity index (χ0) is 14.6. The molecule has 0 heterocycles. The second-order valence-corrected chi connectivity index (χ2v) is 7.02. The van der Waals surface area contributed by atoms with Crippen LogP contribution in [-0.4, -0.2) is 20.8 Å². The molecule has 0 spiro atoms. The first-order valence-electron chi connectivity index (χ1n) is 6.48. The van der Waals surface area contributed by atoms with E-state index < -0.39 is 10.0 Å². The first-order valence-corrected chi connectivity index (χ1v) is 8.20. The molecule has 0 aliphatic rings. The smallest absolute Gasteiger partial charge is 0.212 e. The summed E-state index contributed by atoms with van der Waals surface area (Å²) < 4.78 is 27.6. The molecule has 1 aromatic carbocycles. The molecule has 0 aromatic heterocycles. The largest absolute Gasteiger partial charge is 0.492 e. The highest BCUT2D eigenvalue weighted by atomic mass is 32.2. The fourth-order valence-corrected chi connectivity index (χ4v) is 2.22. The fraction of sp³-hybridized carbons (Fsp3) is 0.571. The van der Waals surface area contributed by atoms with E-state index in [1.165, 1.54) is 0 Å². The zero-order valence-electron chi connectivity index (χ0n) is 12.0. The van der Waals surface area contributed by atoms with Crippen molar-refractivity contribution >= 4 is 10.0 Å². The minimum Gasteiger partial charge on any atom is -0.492 e. The molecular formula is C14H23NO3S. The molecule has 5 heteroatoms. The van der Waals surface area contributed by atoms with Gasteiger partial charge in [0.15, 0.2) is 0 Å². The molecule has 0 amide bonds. The van der Waals surface area contributed by atoms with Crippen molar-refractivity contribution in [1.29, 1.82) is 0 Å². The molecule has 0 fully saturated rings. The Hall–Kier alpha value is -1.07. The van der Waals surface area contributed by atoms with E-state index in [1.807, 2.05) is 18.2 Å². The first kappa shape index (κ1) is 16.0. The average Bonchev–Trinajstić information content (AvgIpc) is 2.26.